The second-order valence-electron chi connectivity index (χ2n) is 6.79. The molecule has 0 bridgehead atoms. The van der Waals surface area contributed by atoms with Crippen LogP contribution in [0.15, 0.2) is 91.0 Å². The maximum Gasteiger partial charge on any atom is 0.252 e. The van der Waals surface area contributed by atoms with Gasteiger partial charge in [-0.05, 0) is 41.1 Å². The number of carbonyl (C=O) groups is 2. The lowest BCUT2D eigenvalue weighted by Gasteiger charge is -2.14. The zero-order valence-electron chi connectivity index (χ0n) is 16.5. The van der Waals surface area contributed by atoms with Gasteiger partial charge in [0, 0.05) is 5.56 Å². The first kappa shape index (κ1) is 20.4. The zero-order valence-corrected chi connectivity index (χ0v) is 17.2. The Morgan fingerprint density at radius 3 is 2.35 bits per heavy atom. The van der Waals surface area contributed by atoms with Crippen molar-refractivity contribution < 1.29 is 14.3 Å². The van der Waals surface area contributed by atoms with E-state index in [1.807, 2.05) is 54.6 Å². The summed E-state index contributed by atoms with van der Waals surface area (Å²) in [7, 11) is 0. The molecule has 0 spiro atoms. The molecule has 0 radical (unpaired) electrons. The van der Waals surface area contributed by atoms with Crippen LogP contribution in [0.2, 0.25) is 5.02 Å². The first-order valence-electron chi connectivity index (χ1n) is 9.69. The molecule has 2 amide bonds. The maximum atomic E-state index is 12.6. The molecule has 0 fully saturated rings. The molecule has 0 saturated carbocycles. The normalized spacial score (nSPS) is 10.5. The van der Waals surface area contributed by atoms with E-state index < -0.39 is 5.91 Å². The van der Waals surface area contributed by atoms with Crippen molar-refractivity contribution in [2.45, 2.75) is 0 Å². The molecule has 0 aliphatic rings. The monoisotopic (exact) mass is 430 g/mol. The van der Waals surface area contributed by atoms with E-state index in [2.05, 4.69) is 10.6 Å². The Hall–Kier alpha value is -3.83. The average Bonchev–Trinajstić information content (AvgIpc) is 2.80. The van der Waals surface area contributed by atoms with E-state index in [-0.39, 0.29) is 12.5 Å². The Morgan fingerprint density at radius 2 is 1.52 bits per heavy atom. The van der Waals surface area contributed by atoms with Gasteiger partial charge in [0.25, 0.3) is 5.91 Å². The zero-order chi connectivity index (χ0) is 21.6. The van der Waals surface area contributed by atoms with E-state index in [0.717, 1.165) is 10.8 Å². The highest BCUT2D eigenvalue weighted by molar-refractivity contribution is 6.32. The standard InChI is InChI=1S/C25H19ClN2O3/c26-21-14-7-15-22(24(21)31-18-10-2-1-3-11-18)28-23(29)16-27-25(30)20-13-6-9-17-8-4-5-12-19(17)20/h1-15H,16H2,(H,27,30)(H,28,29). The quantitative estimate of drug-likeness (QED) is 0.415. The van der Waals surface area contributed by atoms with E-state index in [1.54, 1.807) is 36.4 Å². The van der Waals surface area contributed by atoms with Crippen LogP contribution in [0.3, 0.4) is 0 Å². The van der Waals surface area contributed by atoms with Crippen molar-refractivity contribution in [2.24, 2.45) is 0 Å². The second-order valence-corrected chi connectivity index (χ2v) is 7.20. The number of hydrogen-bond donors (Lipinski definition) is 2. The Balaban J connectivity index is 1.44. The van der Waals surface area contributed by atoms with Gasteiger partial charge >= 0.3 is 0 Å². The summed E-state index contributed by atoms with van der Waals surface area (Å²) in [6.07, 6.45) is 0. The third-order valence-electron chi connectivity index (χ3n) is 4.65. The number of halogens is 1. The summed E-state index contributed by atoms with van der Waals surface area (Å²) in [6.45, 7) is -0.195. The van der Waals surface area contributed by atoms with Gasteiger partial charge in [0.2, 0.25) is 5.91 Å². The molecule has 5 nitrogen and oxygen atoms in total. The number of carbonyl (C=O) groups excluding carboxylic acids is 2. The molecule has 6 heteroatoms. The topological polar surface area (TPSA) is 67.4 Å². The lowest BCUT2D eigenvalue weighted by molar-refractivity contribution is -0.115. The largest absolute Gasteiger partial charge is 0.454 e. The minimum Gasteiger partial charge on any atom is -0.454 e. The van der Waals surface area contributed by atoms with E-state index in [4.69, 9.17) is 16.3 Å². The van der Waals surface area contributed by atoms with Crippen LogP contribution >= 0.6 is 11.6 Å². The molecule has 0 atom stereocenters. The molecule has 0 aliphatic carbocycles. The average molecular weight is 431 g/mol. The number of nitrogens with one attached hydrogen (secondary N) is 2. The van der Waals surface area contributed by atoms with Gasteiger partial charge in [-0.3, -0.25) is 9.59 Å². The van der Waals surface area contributed by atoms with Crippen LogP contribution < -0.4 is 15.4 Å². The van der Waals surface area contributed by atoms with Crippen molar-refractivity contribution in [1.29, 1.82) is 0 Å². The summed E-state index contributed by atoms with van der Waals surface area (Å²) in [4.78, 5) is 25.1. The lowest BCUT2D eigenvalue weighted by Crippen LogP contribution is -2.33. The number of para-hydroxylation sites is 2. The summed E-state index contributed by atoms with van der Waals surface area (Å²) in [6, 6.07) is 27.3. The predicted molar refractivity (Wildman–Crippen MR) is 123 cm³/mol. The van der Waals surface area contributed by atoms with Crippen LogP contribution in [0.5, 0.6) is 11.5 Å². The molecule has 154 valence electrons. The van der Waals surface area contributed by atoms with Gasteiger partial charge in [0.15, 0.2) is 5.75 Å². The van der Waals surface area contributed by atoms with Crippen molar-refractivity contribution in [2.75, 3.05) is 11.9 Å². The third kappa shape index (κ3) is 4.85. The minimum atomic E-state index is -0.395. The van der Waals surface area contributed by atoms with Crippen molar-refractivity contribution in [1.82, 2.24) is 5.32 Å². The van der Waals surface area contributed by atoms with Crippen molar-refractivity contribution in [3.05, 3.63) is 102 Å². The van der Waals surface area contributed by atoms with Crippen LogP contribution in [0.4, 0.5) is 5.69 Å². The van der Waals surface area contributed by atoms with Gasteiger partial charge in [0.1, 0.15) is 5.75 Å². The van der Waals surface area contributed by atoms with Crippen LogP contribution in [0.25, 0.3) is 10.8 Å². The fourth-order valence-electron chi connectivity index (χ4n) is 3.19. The number of benzene rings is 4. The Bertz CT molecular complexity index is 1240. The highest BCUT2D eigenvalue weighted by Crippen LogP contribution is 2.36. The summed E-state index contributed by atoms with van der Waals surface area (Å²) in [5.41, 5.74) is 0.933. The summed E-state index contributed by atoms with van der Waals surface area (Å²) in [5, 5.41) is 7.57. The second kappa shape index (κ2) is 9.32. The molecular weight excluding hydrogens is 412 g/mol. The molecule has 4 aromatic carbocycles. The van der Waals surface area contributed by atoms with Crippen LogP contribution in [0, 0.1) is 0 Å². The van der Waals surface area contributed by atoms with E-state index >= 15 is 0 Å². The molecule has 2 N–H and O–H groups in total. The number of fused-ring (bicyclic) bond motifs is 1. The minimum absolute atomic E-state index is 0.195. The van der Waals surface area contributed by atoms with Gasteiger partial charge in [-0.2, -0.15) is 0 Å². The number of rotatable bonds is 6. The molecule has 0 aromatic heterocycles. The molecular formula is C25H19ClN2O3. The fourth-order valence-corrected chi connectivity index (χ4v) is 3.40. The van der Waals surface area contributed by atoms with Crippen LogP contribution in [-0.4, -0.2) is 18.4 Å². The summed E-state index contributed by atoms with van der Waals surface area (Å²) in [5.74, 6) is 0.215. The first-order valence-corrected chi connectivity index (χ1v) is 10.1. The van der Waals surface area contributed by atoms with E-state index in [9.17, 15) is 9.59 Å². The van der Waals surface area contributed by atoms with Crippen molar-refractivity contribution >= 4 is 39.9 Å². The van der Waals surface area contributed by atoms with Crippen molar-refractivity contribution in [3.63, 3.8) is 0 Å². The Labute approximate surface area is 184 Å². The molecule has 0 aliphatic heterocycles. The summed E-state index contributed by atoms with van der Waals surface area (Å²) >= 11 is 6.28. The number of hydrogen-bond acceptors (Lipinski definition) is 3. The molecule has 0 saturated heterocycles. The molecule has 31 heavy (non-hydrogen) atoms. The SMILES string of the molecule is O=C(CNC(=O)c1cccc2ccccc12)Nc1cccc(Cl)c1Oc1ccccc1. The van der Waals surface area contributed by atoms with E-state index in [0.29, 0.717) is 27.8 Å². The molecule has 4 rings (SSSR count). The summed E-state index contributed by atoms with van der Waals surface area (Å²) < 4.78 is 5.85. The van der Waals surface area contributed by atoms with Gasteiger partial charge in [0.05, 0.1) is 17.3 Å². The Kier molecular flexibility index (Phi) is 6.15. The van der Waals surface area contributed by atoms with Gasteiger partial charge in [-0.25, -0.2) is 0 Å². The molecule has 0 heterocycles. The first-order chi connectivity index (χ1) is 15.1. The molecule has 4 aromatic rings. The van der Waals surface area contributed by atoms with E-state index in [1.165, 1.54) is 0 Å². The number of anilines is 1. The van der Waals surface area contributed by atoms with Gasteiger partial charge in [-0.15, -0.1) is 0 Å². The fraction of sp³-hybridized carbons (Fsp3) is 0.0400. The number of ether oxygens (including phenoxy) is 1. The Morgan fingerprint density at radius 1 is 0.806 bits per heavy atom. The predicted octanol–water partition coefficient (Wildman–Crippen LogP) is 5.65. The van der Waals surface area contributed by atoms with Crippen LogP contribution in [0.1, 0.15) is 10.4 Å². The highest BCUT2D eigenvalue weighted by Gasteiger charge is 2.15. The molecule has 0 unspecified atom stereocenters. The lowest BCUT2D eigenvalue weighted by atomic mass is 10.0. The van der Waals surface area contributed by atoms with Crippen molar-refractivity contribution in [3.8, 4) is 11.5 Å². The van der Waals surface area contributed by atoms with Gasteiger partial charge < -0.3 is 15.4 Å². The maximum absolute atomic E-state index is 12.6. The smallest absolute Gasteiger partial charge is 0.252 e. The number of amides is 2. The highest BCUT2D eigenvalue weighted by atomic mass is 35.5. The third-order valence-corrected chi connectivity index (χ3v) is 4.95. The van der Waals surface area contributed by atoms with Gasteiger partial charge in [-0.1, -0.05) is 72.3 Å². The van der Waals surface area contributed by atoms with Crippen LogP contribution in [-0.2, 0) is 4.79 Å².